The molecule has 1 aromatic carbocycles. The van der Waals surface area contributed by atoms with Crippen LogP contribution in [0.5, 0.6) is 0 Å². The molecule has 3 unspecified atom stereocenters. The molecule has 0 aromatic heterocycles. The molecule has 3 fully saturated rings. The molecule has 0 bridgehead atoms. The van der Waals surface area contributed by atoms with Crippen molar-refractivity contribution in [2.75, 3.05) is 19.6 Å². The predicted octanol–water partition coefficient (Wildman–Crippen LogP) is 4.28. The largest absolute Gasteiger partial charge is 0.372 e. The molecule has 0 radical (unpaired) electrons. The Hall–Kier alpha value is -0.830. The SMILES string of the molecule is CC(=O)C[C@@H]1C2CC(CN3C[C@@H](OCc4ccccc4)C[C@H]3C(C)=O)CCC2CN1I. The number of halogens is 1. The monoisotopic (exact) mass is 538 g/mol. The molecule has 5 nitrogen and oxygen atoms in total. The molecule has 3 aliphatic rings. The molecule has 6 heteroatoms. The number of Topliss-reactive ketones (excluding diaryl/α,β-unsaturated/α-hetero) is 2. The molecule has 4 rings (SSSR count). The van der Waals surface area contributed by atoms with Gasteiger partial charge in [0.2, 0.25) is 0 Å². The zero-order valence-corrected chi connectivity index (χ0v) is 20.9. The van der Waals surface area contributed by atoms with Gasteiger partial charge in [-0.05, 0) is 62.8 Å². The fourth-order valence-electron chi connectivity index (χ4n) is 6.06. The van der Waals surface area contributed by atoms with Crippen molar-refractivity contribution >= 4 is 34.4 Å². The van der Waals surface area contributed by atoms with Gasteiger partial charge in [0.1, 0.15) is 11.6 Å². The number of carbonyl (C=O) groups is 2. The van der Waals surface area contributed by atoms with Gasteiger partial charge in [-0.15, -0.1) is 0 Å². The van der Waals surface area contributed by atoms with E-state index in [2.05, 4.69) is 43.0 Å². The maximum absolute atomic E-state index is 12.4. The van der Waals surface area contributed by atoms with Crippen molar-refractivity contribution in [3.05, 3.63) is 35.9 Å². The quantitative estimate of drug-likeness (QED) is 0.366. The van der Waals surface area contributed by atoms with Gasteiger partial charge >= 0.3 is 0 Å². The summed E-state index contributed by atoms with van der Waals surface area (Å²) in [7, 11) is 0. The standard InChI is InChI=1S/C25H35IN2O3/c1-17(29)10-25-23-11-20(8-9-21(23)14-28(25)26)13-27-15-22(12-24(27)18(2)30)31-16-19-6-4-3-5-7-19/h3-7,20-25H,8-16H2,1-2H3/t20?,21?,22-,23?,24-,25+/m0/s1. The average Bonchev–Trinajstić information content (AvgIpc) is 3.28. The van der Waals surface area contributed by atoms with E-state index in [1.807, 2.05) is 18.2 Å². The van der Waals surface area contributed by atoms with Crippen LogP contribution in [0.3, 0.4) is 0 Å². The van der Waals surface area contributed by atoms with E-state index in [1.165, 1.54) is 24.8 Å². The fraction of sp³-hybridized carbons (Fsp3) is 0.680. The minimum Gasteiger partial charge on any atom is -0.372 e. The Kier molecular flexibility index (Phi) is 7.83. The van der Waals surface area contributed by atoms with Gasteiger partial charge in [-0.3, -0.25) is 14.5 Å². The molecule has 0 N–H and O–H groups in total. The topological polar surface area (TPSA) is 49.9 Å². The number of benzene rings is 1. The minimum absolute atomic E-state index is 0.0174. The number of rotatable bonds is 8. The number of likely N-dealkylation sites (tertiary alicyclic amines) is 1. The van der Waals surface area contributed by atoms with Gasteiger partial charge in [0, 0.05) is 55.0 Å². The molecule has 1 saturated carbocycles. The van der Waals surface area contributed by atoms with E-state index in [-0.39, 0.29) is 17.9 Å². The lowest BCUT2D eigenvalue weighted by Gasteiger charge is -2.36. The highest BCUT2D eigenvalue weighted by atomic mass is 127. The van der Waals surface area contributed by atoms with E-state index in [0.717, 1.165) is 32.0 Å². The van der Waals surface area contributed by atoms with Gasteiger partial charge < -0.3 is 4.74 Å². The van der Waals surface area contributed by atoms with Crippen LogP contribution in [0.4, 0.5) is 0 Å². The molecule has 2 heterocycles. The van der Waals surface area contributed by atoms with Crippen molar-refractivity contribution in [1.82, 2.24) is 8.01 Å². The highest BCUT2D eigenvalue weighted by Gasteiger charge is 2.45. The van der Waals surface area contributed by atoms with E-state index in [9.17, 15) is 9.59 Å². The van der Waals surface area contributed by atoms with Crippen LogP contribution in [0.2, 0.25) is 0 Å². The third-order valence-electron chi connectivity index (χ3n) is 7.57. The number of ether oxygens (including phenoxy) is 1. The van der Waals surface area contributed by atoms with Crippen LogP contribution < -0.4 is 0 Å². The Morgan fingerprint density at radius 3 is 2.58 bits per heavy atom. The number of nitrogens with zero attached hydrogens (tertiary/aromatic N) is 2. The van der Waals surface area contributed by atoms with E-state index in [1.54, 1.807) is 13.8 Å². The second kappa shape index (κ2) is 10.4. The lowest BCUT2D eigenvalue weighted by atomic mass is 9.72. The van der Waals surface area contributed by atoms with Crippen molar-refractivity contribution in [2.45, 2.75) is 70.7 Å². The van der Waals surface area contributed by atoms with E-state index < -0.39 is 0 Å². The summed E-state index contributed by atoms with van der Waals surface area (Å²) < 4.78 is 8.58. The molecule has 0 spiro atoms. The summed E-state index contributed by atoms with van der Waals surface area (Å²) in [5, 5.41) is 0. The highest BCUT2D eigenvalue weighted by molar-refractivity contribution is 14.1. The van der Waals surface area contributed by atoms with Crippen molar-refractivity contribution in [1.29, 1.82) is 0 Å². The van der Waals surface area contributed by atoms with Crippen LogP contribution >= 0.6 is 22.9 Å². The third kappa shape index (κ3) is 5.75. The number of hydrogen-bond donors (Lipinski definition) is 0. The lowest BCUT2D eigenvalue weighted by molar-refractivity contribution is -0.121. The van der Waals surface area contributed by atoms with E-state index in [0.29, 0.717) is 36.7 Å². The maximum atomic E-state index is 12.4. The molecule has 2 aliphatic heterocycles. The normalized spacial score (nSPS) is 34.0. The second-order valence-electron chi connectivity index (χ2n) is 9.89. The smallest absolute Gasteiger partial charge is 0.146 e. The number of fused-ring (bicyclic) bond motifs is 1. The lowest BCUT2D eigenvalue weighted by Crippen LogP contribution is -2.41. The van der Waals surface area contributed by atoms with Crippen LogP contribution in [0, 0.1) is 17.8 Å². The summed E-state index contributed by atoms with van der Waals surface area (Å²) in [6, 6.07) is 10.6. The van der Waals surface area contributed by atoms with Gasteiger partial charge in [0.25, 0.3) is 0 Å². The zero-order chi connectivity index (χ0) is 22.0. The first-order chi connectivity index (χ1) is 14.9. The number of ketones is 2. The van der Waals surface area contributed by atoms with Crippen LogP contribution in [-0.4, -0.2) is 57.4 Å². The summed E-state index contributed by atoms with van der Waals surface area (Å²) >= 11 is 2.43. The van der Waals surface area contributed by atoms with Crippen LogP contribution in [0.1, 0.15) is 51.5 Å². The molecule has 1 aromatic rings. The number of hydrogen-bond acceptors (Lipinski definition) is 5. The Bertz CT molecular complexity index is 773. The van der Waals surface area contributed by atoms with Crippen molar-refractivity contribution < 1.29 is 14.3 Å². The van der Waals surface area contributed by atoms with Crippen LogP contribution in [-0.2, 0) is 20.9 Å². The van der Waals surface area contributed by atoms with Gasteiger partial charge in [0.15, 0.2) is 0 Å². The zero-order valence-electron chi connectivity index (χ0n) is 18.7. The van der Waals surface area contributed by atoms with E-state index >= 15 is 0 Å². The second-order valence-corrected chi connectivity index (χ2v) is 11.1. The Labute approximate surface area is 200 Å². The molecular formula is C25H35IN2O3. The van der Waals surface area contributed by atoms with Gasteiger partial charge in [0.05, 0.1) is 18.8 Å². The van der Waals surface area contributed by atoms with Crippen molar-refractivity contribution in [3.8, 4) is 0 Å². The molecular weight excluding hydrogens is 503 g/mol. The molecule has 6 atom stereocenters. The summed E-state index contributed by atoms with van der Waals surface area (Å²) in [5.41, 5.74) is 1.18. The number of carbonyl (C=O) groups excluding carboxylic acids is 2. The average molecular weight is 538 g/mol. The Balaban J connectivity index is 1.35. The summed E-state index contributed by atoms with van der Waals surface area (Å²) in [5.74, 6) is 2.50. The highest BCUT2D eigenvalue weighted by Crippen LogP contribution is 2.45. The minimum atomic E-state index is -0.0174. The van der Waals surface area contributed by atoms with Gasteiger partial charge in [-0.1, -0.05) is 30.3 Å². The molecule has 1 aliphatic carbocycles. The van der Waals surface area contributed by atoms with E-state index in [4.69, 9.17) is 4.74 Å². The summed E-state index contributed by atoms with van der Waals surface area (Å²) in [6.45, 7) is 6.99. The first kappa shape index (κ1) is 23.3. The molecule has 170 valence electrons. The summed E-state index contributed by atoms with van der Waals surface area (Å²) in [4.78, 5) is 26.6. The molecule has 31 heavy (non-hydrogen) atoms. The van der Waals surface area contributed by atoms with Crippen molar-refractivity contribution in [3.63, 3.8) is 0 Å². The Morgan fingerprint density at radius 1 is 1.10 bits per heavy atom. The van der Waals surface area contributed by atoms with Crippen LogP contribution in [0.15, 0.2) is 30.3 Å². The fourth-order valence-corrected chi connectivity index (χ4v) is 7.18. The van der Waals surface area contributed by atoms with Crippen molar-refractivity contribution in [2.24, 2.45) is 17.8 Å². The molecule has 0 amide bonds. The molecule has 2 saturated heterocycles. The first-order valence-electron chi connectivity index (χ1n) is 11.7. The third-order valence-corrected chi connectivity index (χ3v) is 8.68. The Morgan fingerprint density at radius 2 is 1.87 bits per heavy atom. The summed E-state index contributed by atoms with van der Waals surface area (Å²) in [6.07, 6.45) is 5.25. The van der Waals surface area contributed by atoms with Gasteiger partial charge in [-0.25, -0.2) is 3.11 Å². The maximum Gasteiger partial charge on any atom is 0.146 e. The van der Waals surface area contributed by atoms with Gasteiger partial charge in [-0.2, -0.15) is 0 Å². The van der Waals surface area contributed by atoms with Crippen LogP contribution in [0.25, 0.3) is 0 Å². The predicted molar refractivity (Wildman–Crippen MR) is 130 cm³/mol. The first-order valence-corrected chi connectivity index (χ1v) is 12.7.